The molecule has 0 spiro atoms. The van der Waals surface area contributed by atoms with Crippen LogP contribution in [0.2, 0.25) is 0 Å². The molecule has 5 N–H and O–H groups in total. The lowest BCUT2D eigenvalue weighted by Gasteiger charge is -2.39. The zero-order valence-corrected chi connectivity index (χ0v) is 10.7. The molecule has 1 aliphatic rings. The Morgan fingerprint density at radius 1 is 1.00 bits per heavy atom. The van der Waals surface area contributed by atoms with Crippen molar-refractivity contribution in [3.05, 3.63) is 29.8 Å². The van der Waals surface area contributed by atoms with Gasteiger partial charge in [0.2, 0.25) is 6.29 Å². The first-order valence-electron chi connectivity index (χ1n) is 6.24. The van der Waals surface area contributed by atoms with Crippen LogP contribution < -0.4 is 4.74 Å². The highest BCUT2D eigenvalue weighted by atomic mass is 16.7. The summed E-state index contributed by atoms with van der Waals surface area (Å²) in [4.78, 5) is 0. The standard InChI is InChI=1S/C13H18O7/c14-5-7-3-1-2-4-8(7)19-13-12(18)11(17)10(16)9(6-15)20-13/h1-4,9-18H,5-6H2/t9?,10-,11+,12?,13-/m1/s1. The number of aliphatic hydroxyl groups excluding tert-OH is 5. The lowest BCUT2D eigenvalue weighted by molar-refractivity contribution is -0.277. The molecule has 1 fully saturated rings. The summed E-state index contributed by atoms with van der Waals surface area (Å²) < 4.78 is 10.6. The van der Waals surface area contributed by atoms with Crippen LogP contribution in [0.4, 0.5) is 0 Å². The Morgan fingerprint density at radius 3 is 2.35 bits per heavy atom. The van der Waals surface area contributed by atoms with E-state index in [4.69, 9.17) is 14.6 Å². The van der Waals surface area contributed by atoms with E-state index in [1.807, 2.05) is 0 Å². The first-order valence-corrected chi connectivity index (χ1v) is 6.24. The van der Waals surface area contributed by atoms with E-state index in [-0.39, 0.29) is 6.61 Å². The molecule has 1 aromatic carbocycles. The number of benzene rings is 1. The van der Waals surface area contributed by atoms with E-state index in [0.717, 1.165) is 0 Å². The third-order valence-electron chi connectivity index (χ3n) is 3.23. The number of ether oxygens (including phenoxy) is 2. The van der Waals surface area contributed by atoms with Crippen LogP contribution in [-0.4, -0.2) is 62.8 Å². The van der Waals surface area contributed by atoms with Crippen LogP contribution in [0.5, 0.6) is 5.75 Å². The van der Waals surface area contributed by atoms with Gasteiger partial charge in [-0.25, -0.2) is 0 Å². The average Bonchev–Trinajstić information content (AvgIpc) is 2.48. The summed E-state index contributed by atoms with van der Waals surface area (Å²) in [5.74, 6) is 0.291. The largest absolute Gasteiger partial charge is 0.462 e. The van der Waals surface area contributed by atoms with E-state index < -0.39 is 37.3 Å². The Morgan fingerprint density at radius 2 is 1.70 bits per heavy atom. The molecule has 1 saturated heterocycles. The maximum absolute atomic E-state index is 9.84. The van der Waals surface area contributed by atoms with Gasteiger partial charge in [-0.15, -0.1) is 0 Å². The fraction of sp³-hybridized carbons (Fsp3) is 0.538. The Hall–Kier alpha value is -1.22. The Balaban J connectivity index is 2.15. The van der Waals surface area contributed by atoms with Crippen molar-refractivity contribution < 1.29 is 35.0 Å². The summed E-state index contributed by atoms with van der Waals surface area (Å²) in [7, 11) is 0. The van der Waals surface area contributed by atoms with Gasteiger partial charge in [0, 0.05) is 5.56 Å². The van der Waals surface area contributed by atoms with E-state index in [2.05, 4.69) is 0 Å². The topological polar surface area (TPSA) is 120 Å². The average molecular weight is 286 g/mol. The third kappa shape index (κ3) is 2.93. The number of aliphatic hydroxyl groups is 5. The SMILES string of the molecule is OCc1ccccc1O[C@@H]1OC(CO)[C@@H](O)[C@H](O)C1O. The summed E-state index contributed by atoms with van der Waals surface area (Å²) >= 11 is 0. The van der Waals surface area contributed by atoms with Gasteiger partial charge in [-0.1, -0.05) is 18.2 Å². The third-order valence-corrected chi connectivity index (χ3v) is 3.23. The van der Waals surface area contributed by atoms with E-state index in [0.29, 0.717) is 11.3 Å². The van der Waals surface area contributed by atoms with Crippen molar-refractivity contribution in [1.29, 1.82) is 0 Å². The Bertz CT molecular complexity index is 436. The summed E-state index contributed by atoms with van der Waals surface area (Å²) in [5.41, 5.74) is 0.490. The Kier molecular flexibility index (Phi) is 4.92. The van der Waals surface area contributed by atoms with Gasteiger partial charge in [0.25, 0.3) is 0 Å². The monoisotopic (exact) mass is 286 g/mol. The van der Waals surface area contributed by atoms with E-state index in [1.54, 1.807) is 24.3 Å². The molecular weight excluding hydrogens is 268 g/mol. The summed E-state index contributed by atoms with van der Waals surface area (Å²) in [6.45, 7) is -0.778. The predicted octanol–water partition coefficient (Wildman–Crippen LogP) is -1.64. The van der Waals surface area contributed by atoms with Crippen molar-refractivity contribution in [2.75, 3.05) is 6.61 Å². The lowest BCUT2D eigenvalue weighted by atomic mass is 9.99. The van der Waals surface area contributed by atoms with Gasteiger partial charge < -0.3 is 35.0 Å². The summed E-state index contributed by atoms with van der Waals surface area (Å²) in [6, 6.07) is 6.61. The zero-order chi connectivity index (χ0) is 14.7. The highest BCUT2D eigenvalue weighted by molar-refractivity contribution is 5.32. The van der Waals surface area contributed by atoms with Gasteiger partial charge in [0.1, 0.15) is 30.2 Å². The zero-order valence-electron chi connectivity index (χ0n) is 10.7. The molecule has 2 unspecified atom stereocenters. The van der Waals surface area contributed by atoms with E-state index >= 15 is 0 Å². The molecule has 7 nitrogen and oxygen atoms in total. The molecule has 20 heavy (non-hydrogen) atoms. The number of hydrogen-bond acceptors (Lipinski definition) is 7. The first kappa shape index (κ1) is 15.2. The van der Waals surface area contributed by atoms with Gasteiger partial charge in [-0.05, 0) is 6.07 Å². The Labute approximate surface area is 115 Å². The molecule has 0 aromatic heterocycles. The van der Waals surface area contributed by atoms with Crippen LogP contribution in [0.3, 0.4) is 0 Å². The second-order valence-electron chi connectivity index (χ2n) is 4.58. The fourth-order valence-corrected chi connectivity index (χ4v) is 2.04. The maximum Gasteiger partial charge on any atom is 0.229 e. The number of para-hydroxylation sites is 1. The van der Waals surface area contributed by atoms with E-state index in [1.165, 1.54) is 0 Å². The molecule has 1 heterocycles. The number of hydrogen-bond donors (Lipinski definition) is 5. The first-order chi connectivity index (χ1) is 9.58. The van der Waals surface area contributed by atoms with Crippen molar-refractivity contribution in [3.63, 3.8) is 0 Å². The molecule has 0 bridgehead atoms. The highest BCUT2D eigenvalue weighted by Crippen LogP contribution is 2.26. The molecule has 0 saturated carbocycles. The summed E-state index contributed by atoms with van der Waals surface area (Å²) in [5, 5.41) is 47.4. The molecule has 1 aromatic rings. The summed E-state index contributed by atoms with van der Waals surface area (Å²) in [6.07, 6.45) is -6.67. The van der Waals surface area contributed by atoms with Crippen LogP contribution in [-0.2, 0) is 11.3 Å². The molecular formula is C13H18O7. The number of rotatable bonds is 4. The van der Waals surface area contributed by atoms with Gasteiger partial charge in [-0.3, -0.25) is 0 Å². The van der Waals surface area contributed by atoms with Crippen LogP contribution in [0.15, 0.2) is 24.3 Å². The van der Waals surface area contributed by atoms with Crippen molar-refractivity contribution in [1.82, 2.24) is 0 Å². The normalized spacial score (nSPS) is 34.0. The molecule has 2 rings (SSSR count). The van der Waals surface area contributed by atoms with Gasteiger partial charge in [0.15, 0.2) is 0 Å². The maximum atomic E-state index is 9.84. The fourth-order valence-electron chi connectivity index (χ4n) is 2.04. The van der Waals surface area contributed by atoms with Crippen molar-refractivity contribution >= 4 is 0 Å². The highest BCUT2D eigenvalue weighted by Gasteiger charge is 2.44. The molecule has 0 radical (unpaired) electrons. The minimum absolute atomic E-state index is 0.256. The van der Waals surface area contributed by atoms with Crippen molar-refractivity contribution in [2.45, 2.75) is 37.3 Å². The van der Waals surface area contributed by atoms with Crippen LogP contribution in [0.25, 0.3) is 0 Å². The molecule has 0 amide bonds. The molecule has 1 aliphatic heterocycles. The molecule has 0 aliphatic carbocycles. The van der Waals surface area contributed by atoms with Crippen LogP contribution in [0.1, 0.15) is 5.56 Å². The lowest BCUT2D eigenvalue weighted by Crippen LogP contribution is -2.60. The second kappa shape index (κ2) is 6.49. The van der Waals surface area contributed by atoms with Crippen molar-refractivity contribution in [2.24, 2.45) is 0 Å². The van der Waals surface area contributed by atoms with Crippen LogP contribution >= 0.6 is 0 Å². The van der Waals surface area contributed by atoms with Gasteiger partial charge in [-0.2, -0.15) is 0 Å². The minimum Gasteiger partial charge on any atom is -0.462 e. The molecule has 5 atom stereocenters. The quantitative estimate of drug-likeness (QED) is 0.450. The molecule has 7 heteroatoms. The van der Waals surface area contributed by atoms with E-state index in [9.17, 15) is 20.4 Å². The van der Waals surface area contributed by atoms with Gasteiger partial charge in [0.05, 0.1) is 13.2 Å². The molecule has 112 valence electrons. The smallest absolute Gasteiger partial charge is 0.229 e. The van der Waals surface area contributed by atoms with Crippen molar-refractivity contribution in [3.8, 4) is 5.75 Å². The second-order valence-corrected chi connectivity index (χ2v) is 4.58. The van der Waals surface area contributed by atoms with Gasteiger partial charge >= 0.3 is 0 Å². The minimum atomic E-state index is -1.49. The predicted molar refractivity (Wildman–Crippen MR) is 66.8 cm³/mol. The van der Waals surface area contributed by atoms with Crippen LogP contribution in [0, 0.1) is 0 Å².